The molecule has 12 heavy (non-hydrogen) atoms. The van der Waals surface area contributed by atoms with Crippen LogP contribution in [0.3, 0.4) is 0 Å². The van der Waals surface area contributed by atoms with Crippen LogP contribution < -0.4 is 0 Å². The van der Waals surface area contributed by atoms with E-state index in [4.69, 9.17) is 10.4 Å². The van der Waals surface area contributed by atoms with Gasteiger partial charge >= 0.3 is 5.97 Å². The van der Waals surface area contributed by atoms with Crippen molar-refractivity contribution in [2.24, 2.45) is 0 Å². The molecule has 0 unspecified atom stereocenters. The van der Waals surface area contributed by atoms with Crippen LogP contribution in [-0.4, -0.2) is 20.9 Å². The molecule has 0 atom stereocenters. The summed E-state index contributed by atoms with van der Waals surface area (Å²) in [6, 6.07) is 1.87. The van der Waals surface area contributed by atoms with Gasteiger partial charge in [-0.25, -0.2) is 4.68 Å². The number of aromatic nitrogens is 2. The van der Waals surface area contributed by atoms with Gasteiger partial charge in [-0.05, 0) is 15.9 Å². The van der Waals surface area contributed by atoms with Crippen molar-refractivity contribution < 1.29 is 9.90 Å². The molecule has 1 aromatic rings. The molecule has 1 N–H and O–H groups in total. The second kappa shape index (κ2) is 3.36. The van der Waals surface area contributed by atoms with Crippen LogP contribution in [0.2, 0.25) is 0 Å². The highest BCUT2D eigenvalue weighted by Gasteiger charge is 2.09. The molecule has 1 aromatic heterocycles. The van der Waals surface area contributed by atoms with Crippen molar-refractivity contribution in [3.05, 3.63) is 16.4 Å². The SMILES string of the molecule is N#Cc1cnn(CC(=O)O)c1Br. The first kappa shape index (κ1) is 8.74. The Kier molecular flexibility index (Phi) is 2.45. The molecule has 0 saturated heterocycles. The minimum Gasteiger partial charge on any atom is -0.480 e. The number of carbonyl (C=O) groups is 1. The zero-order valence-corrected chi connectivity index (χ0v) is 7.45. The van der Waals surface area contributed by atoms with Gasteiger partial charge in [0, 0.05) is 0 Å². The van der Waals surface area contributed by atoms with E-state index in [1.165, 1.54) is 10.9 Å². The summed E-state index contributed by atoms with van der Waals surface area (Å²) in [5, 5.41) is 20.6. The zero-order valence-electron chi connectivity index (χ0n) is 5.86. The van der Waals surface area contributed by atoms with Gasteiger partial charge in [0.25, 0.3) is 0 Å². The number of rotatable bonds is 2. The molecule has 0 aliphatic carbocycles. The molecule has 1 rings (SSSR count). The molecule has 0 amide bonds. The normalized spacial score (nSPS) is 9.33. The van der Waals surface area contributed by atoms with Crippen molar-refractivity contribution >= 4 is 21.9 Å². The summed E-state index contributed by atoms with van der Waals surface area (Å²) in [4.78, 5) is 10.3. The molecule has 0 aliphatic heterocycles. The molecule has 0 radical (unpaired) electrons. The third kappa shape index (κ3) is 1.62. The number of hydrogen-bond donors (Lipinski definition) is 1. The molecule has 0 fully saturated rings. The Morgan fingerprint density at radius 3 is 3.00 bits per heavy atom. The number of nitriles is 1. The molecule has 0 aliphatic rings. The largest absolute Gasteiger partial charge is 0.480 e. The fourth-order valence-electron chi connectivity index (χ4n) is 0.684. The lowest BCUT2D eigenvalue weighted by Crippen LogP contribution is -2.10. The van der Waals surface area contributed by atoms with Gasteiger partial charge in [-0.3, -0.25) is 4.79 Å². The van der Waals surface area contributed by atoms with E-state index >= 15 is 0 Å². The van der Waals surface area contributed by atoms with E-state index in [1.54, 1.807) is 0 Å². The first-order valence-corrected chi connectivity index (χ1v) is 3.77. The highest BCUT2D eigenvalue weighted by molar-refractivity contribution is 9.10. The Labute approximate surface area is 76.3 Å². The van der Waals surface area contributed by atoms with Crippen molar-refractivity contribution in [1.82, 2.24) is 9.78 Å². The predicted molar refractivity (Wildman–Crippen MR) is 42.3 cm³/mol. The summed E-state index contributed by atoms with van der Waals surface area (Å²) in [7, 11) is 0. The van der Waals surface area contributed by atoms with Gasteiger partial charge in [-0.2, -0.15) is 10.4 Å². The van der Waals surface area contributed by atoms with Crippen LogP contribution in [0.5, 0.6) is 0 Å². The van der Waals surface area contributed by atoms with Gasteiger partial charge in [0.05, 0.1) is 6.20 Å². The van der Waals surface area contributed by atoms with E-state index in [1.807, 2.05) is 6.07 Å². The zero-order chi connectivity index (χ0) is 9.14. The van der Waals surface area contributed by atoms with Crippen molar-refractivity contribution in [3.8, 4) is 6.07 Å². The molecular weight excluding hydrogens is 226 g/mol. The van der Waals surface area contributed by atoms with Gasteiger partial charge in [-0.15, -0.1) is 0 Å². The van der Waals surface area contributed by atoms with Crippen LogP contribution >= 0.6 is 15.9 Å². The standard InChI is InChI=1S/C6H4BrN3O2/c7-6-4(1-8)2-9-10(6)3-5(11)12/h2H,3H2,(H,11,12). The minimum absolute atomic E-state index is 0.248. The van der Waals surface area contributed by atoms with Gasteiger partial charge in [0.15, 0.2) is 0 Å². The van der Waals surface area contributed by atoms with Crippen molar-refractivity contribution in [2.75, 3.05) is 0 Å². The number of carboxylic acid groups (broad SMARTS) is 1. The number of carboxylic acids is 1. The van der Waals surface area contributed by atoms with Crippen LogP contribution in [0.15, 0.2) is 10.8 Å². The maximum absolute atomic E-state index is 10.3. The Morgan fingerprint density at radius 1 is 1.92 bits per heavy atom. The molecule has 5 nitrogen and oxygen atoms in total. The maximum Gasteiger partial charge on any atom is 0.325 e. The number of halogens is 1. The summed E-state index contributed by atoms with van der Waals surface area (Å²) >= 11 is 3.05. The summed E-state index contributed by atoms with van der Waals surface area (Å²) in [5.74, 6) is -0.997. The second-order valence-corrected chi connectivity index (χ2v) is 2.76. The summed E-state index contributed by atoms with van der Waals surface area (Å²) < 4.78 is 1.59. The first-order chi connectivity index (χ1) is 5.65. The third-order valence-electron chi connectivity index (χ3n) is 1.18. The number of hydrogen-bond acceptors (Lipinski definition) is 3. The van der Waals surface area contributed by atoms with Crippen molar-refractivity contribution in [1.29, 1.82) is 5.26 Å². The second-order valence-electron chi connectivity index (χ2n) is 2.01. The fourth-order valence-corrected chi connectivity index (χ4v) is 1.09. The maximum atomic E-state index is 10.3. The van der Waals surface area contributed by atoms with Crippen molar-refractivity contribution in [3.63, 3.8) is 0 Å². The van der Waals surface area contributed by atoms with Gasteiger partial charge in [0.1, 0.15) is 22.8 Å². The predicted octanol–water partition coefficient (Wildman–Crippen LogP) is 0.602. The van der Waals surface area contributed by atoms with E-state index in [-0.39, 0.29) is 6.54 Å². The Morgan fingerprint density at radius 2 is 2.58 bits per heavy atom. The molecule has 0 spiro atoms. The van der Waals surface area contributed by atoms with E-state index < -0.39 is 5.97 Å². The number of nitrogens with zero attached hydrogens (tertiary/aromatic N) is 3. The molecule has 62 valence electrons. The van der Waals surface area contributed by atoms with Crippen molar-refractivity contribution in [2.45, 2.75) is 6.54 Å². The van der Waals surface area contributed by atoms with E-state index in [2.05, 4.69) is 21.0 Å². The van der Waals surface area contributed by atoms with Crippen LogP contribution in [0.25, 0.3) is 0 Å². The monoisotopic (exact) mass is 229 g/mol. The molecule has 6 heteroatoms. The smallest absolute Gasteiger partial charge is 0.325 e. The van der Waals surface area contributed by atoms with E-state index in [9.17, 15) is 4.79 Å². The Balaban J connectivity index is 2.96. The Bertz CT molecular complexity index is 352. The lowest BCUT2D eigenvalue weighted by atomic mass is 10.4. The van der Waals surface area contributed by atoms with E-state index in [0.717, 1.165) is 0 Å². The quantitative estimate of drug-likeness (QED) is 0.806. The Hall–Kier alpha value is -1.35. The molecule has 0 bridgehead atoms. The topological polar surface area (TPSA) is 78.9 Å². The van der Waals surface area contributed by atoms with Crippen LogP contribution in [0, 0.1) is 11.3 Å². The van der Waals surface area contributed by atoms with Gasteiger partial charge in [-0.1, -0.05) is 0 Å². The first-order valence-electron chi connectivity index (χ1n) is 2.98. The van der Waals surface area contributed by atoms with E-state index in [0.29, 0.717) is 10.2 Å². The summed E-state index contributed by atoms with van der Waals surface area (Å²) in [6.45, 7) is -0.248. The number of aliphatic carboxylic acids is 1. The highest BCUT2D eigenvalue weighted by atomic mass is 79.9. The van der Waals surface area contributed by atoms with Crippen LogP contribution in [-0.2, 0) is 11.3 Å². The average Bonchev–Trinajstić information content (AvgIpc) is 2.32. The van der Waals surface area contributed by atoms with Gasteiger partial charge < -0.3 is 5.11 Å². The third-order valence-corrected chi connectivity index (χ3v) is 2.02. The molecule has 1 heterocycles. The average molecular weight is 230 g/mol. The summed E-state index contributed by atoms with van der Waals surface area (Å²) in [6.07, 6.45) is 1.31. The van der Waals surface area contributed by atoms with Gasteiger partial charge in [0.2, 0.25) is 0 Å². The fraction of sp³-hybridized carbons (Fsp3) is 0.167. The summed E-state index contributed by atoms with van der Waals surface area (Å²) in [5.41, 5.74) is 0.330. The molecule has 0 saturated carbocycles. The minimum atomic E-state index is -0.997. The lowest BCUT2D eigenvalue weighted by Gasteiger charge is -1.96. The molecular formula is C6H4BrN3O2. The molecule has 0 aromatic carbocycles. The van der Waals surface area contributed by atoms with Crippen LogP contribution in [0.1, 0.15) is 5.56 Å². The highest BCUT2D eigenvalue weighted by Crippen LogP contribution is 2.14. The lowest BCUT2D eigenvalue weighted by molar-refractivity contribution is -0.137. The van der Waals surface area contributed by atoms with Crippen LogP contribution in [0.4, 0.5) is 0 Å².